The molecule has 5 nitrogen and oxygen atoms in total. The second-order valence-corrected chi connectivity index (χ2v) is 7.60. The first-order valence-corrected chi connectivity index (χ1v) is 9.79. The smallest absolute Gasteiger partial charge is 0.276 e. The molecule has 1 aliphatic rings. The molecule has 0 aliphatic heterocycles. The minimum atomic E-state index is -0.000293. The zero-order chi connectivity index (χ0) is 18.8. The largest absolute Gasteiger partial charge is 0.313 e. The number of pyridine rings is 1. The zero-order valence-corrected chi connectivity index (χ0v) is 17.4. The quantitative estimate of drug-likeness (QED) is 0.632. The minimum Gasteiger partial charge on any atom is -0.313 e. The summed E-state index contributed by atoms with van der Waals surface area (Å²) in [4.78, 5) is 17.0. The van der Waals surface area contributed by atoms with E-state index in [0.717, 1.165) is 49.0 Å². The van der Waals surface area contributed by atoms with E-state index < -0.39 is 0 Å². The number of hydrogen-bond acceptors (Lipinski definition) is 3. The average Bonchev–Trinajstić information content (AvgIpc) is 3.02. The second-order valence-electron chi connectivity index (χ2n) is 6.79. The summed E-state index contributed by atoms with van der Waals surface area (Å²) < 4.78 is 1.54. The fourth-order valence-corrected chi connectivity index (χ4v) is 3.86. The molecule has 2 N–H and O–H groups in total. The van der Waals surface area contributed by atoms with Gasteiger partial charge in [0, 0.05) is 23.5 Å². The fourth-order valence-electron chi connectivity index (χ4n) is 3.54. The number of fused-ring (bicyclic) bond motifs is 1. The summed E-state index contributed by atoms with van der Waals surface area (Å²) >= 11 is 12.0. The average molecular weight is 440 g/mol. The molecular weight excluding hydrogens is 419 g/mol. The Morgan fingerprint density at radius 1 is 1.21 bits per heavy atom. The van der Waals surface area contributed by atoms with Crippen LogP contribution in [-0.4, -0.2) is 27.4 Å². The molecule has 0 spiro atoms. The van der Waals surface area contributed by atoms with E-state index in [9.17, 15) is 4.79 Å². The normalized spacial score (nSPS) is 15.7. The van der Waals surface area contributed by atoms with Gasteiger partial charge < -0.3 is 5.32 Å². The number of H-pyrrole nitrogens is 1. The molecule has 0 radical (unpaired) electrons. The standard InChI is InChI=1S/C20H20Cl2N4O.ClH/c21-16-6-4-13(11-17(16)22)8-10-23-14-5-7-18-15(12-14)20(27)26(25-18)19-3-1-2-9-24-19;/h1-4,6,9,11,14,23,25H,5,7-8,10,12H2;1H. The van der Waals surface area contributed by atoms with Crippen molar-refractivity contribution in [2.75, 3.05) is 6.54 Å². The topological polar surface area (TPSA) is 62.7 Å². The molecule has 2 heterocycles. The SMILES string of the molecule is Cl.O=c1c2c([nH]n1-c1ccccn1)CCC(NCCc1ccc(Cl)c(Cl)c1)C2. The van der Waals surface area contributed by atoms with Crippen molar-refractivity contribution in [3.63, 3.8) is 0 Å². The molecule has 1 aliphatic carbocycles. The lowest BCUT2D eigenvalue weighted by atomic mass is 9.93. The molecular formula is C20H21Cl3N4O. The summed E-state index contributed by atoms with van der Waals surface area (Å²) in [6, 6.07) is 11.6. The lowest BCUT2D eigenvalue weighted by Crippen LogP contribution is -2.37. The van der Waals surface area contributed by atoms with E-state index >= 15 is 0 Å². The van der Waals surface area contributed by atoms with E-state index in [-0.39, 0.29) is 18.0 Å². The summed E-state index contributed by atoms with van der Waals surface area (Å²) in [5, 5.41) is 7.94. The second kappa shape index (κ2) is 9.14. The van der Waals surface area contributed by atoms with Crippen molar-refractivity contribution in [3.8, 4) is 5.82 Å². The highest BCUT2D eigenvalue weighted by atomic mass is 35.5. The number of aromatic amines is 1. The Labute approximate surface area is 179 Å². The molecule has 1 unspecified atom stereocenters. The maximum Gasteiger partial charge on any atom is 0.276 e. The summed E-state index contributed by atoms with van der Waals surface area (Å²) in [6.45, 7) is 0.830. The minimum absolute atomic E-state index is 0. The van der Waals surface area contributed by atoms with Gasteiger partial charge in [-0.1, -0.05) is 35.3 Å². The van der Waals surface area contributed by atoms with Crippen LogP contribution in [0.3, 0.4) is 0 Å². The first-order chi connectivity index (χ1) is 13.1. The van der Waals surface area contributed by atoms with Gasteiger partial charge in [-0.25, -0.2) is 9.67 Å². The molecule has 0 saturated heterocycles. The van der Waals surface area contributed by atoms with Crippen molar-refractivity contribution in [3.05, 3.63) is 79.8 Å². The molecule has 0 bridgehead atoms. The van der Waals surface area contributed by atoms with Crippen LogP contribution in [0.5, 0.6) is 0 Å². The van der Waals surface area contributed by atoms with E-state index in [1.807, 2.05) is 36.4 Å². The summed E-state index contributed by atoms with van der Waals surface area (Å²) in [5.41, 5.74) is 3.03. The lowest BCUT2D eigenvalue weighted by molar-refractivity contribution is 0.458. The fraction of sp³-hybridized carbons (Fsp3) is 0.300. The highest BCUT2D eigenvalue weighted by Crippen LogP contribution is 2.23. The lowest BCUT2D eigenvalue weighted by Gasteiger charge is -2.22. The van der Waals surface area contributed by atoms with Gasteiger partial charge >= 0.3 is 0 Å². The van der Waals surface area contributed by atoms with Crippen LogP contribution >= 0.6 is 35.6 Å². The van der Waals surface area contributed by atoms with Crippen molar-refractivity contribution in [1.29, 1.82) is 0 Å². The Balaban J connectivity index is 0.00000225. The van der Waals surface area contributed by atoms with Crippen molar-refractivity contribution >= 4 is 35.6 Å². The molecule has 4 rings (SSSR count). The van der Waals surface area contributed by atoms with Gasteiger partial charge in [0.05, 0.1) is 10.0 Å². The van der Waals surface area contributed by atoms with Crippen LogP contribution < -0.4 is 10.9 Å². The number of nitrogens with one attached hydrogen (secondary N) is 2. The first kappa shape index (κ1) is 20.9. The summed E-state index contributed by atoms with van der Waals surface area (Å²) in [7, 11) is 0. The summed E-state index contributed by atoms with van der Waals surface area (Å²) in [6.07, 6.45) is 5.14. The number of aryl methyl sites for hydroxylation is 1. The molecule has 1 atom stereocenters. The third kappa shape index (κ3) is 4.44. The highest BCUT2D eigenvalue weighted by Gasteiger charge is 2.24. The number of aromatic nitrogens is 3. The molecule has 0 fully saturated rings. The Bertz CT molecular complexity index is 1000. The Hall–Kier alpha value is -1.79. The van der Waals surface area contributed by atoms with Gasteiger partial charge in [-0.15, -0.1) is 12.4 Å². The van der Waals surface area contributed by atoms with Gasteiger partial charge in [0.1, 0.15) is 0 Å². The maximum atomic E-state index is 12.8. The number of nitrogens with zero attached hydrogens (tertiary/aromatic N) is 2. The molecule has 8 heteroatoms. The van der Waals surface area contributed by atoms with E-state index in [4.69, 9.17) is 23.2 Å². The maximum absolute atomic E-state index is 12.8. The van der Waals surface area contributed by atoms with Crippen molar-refractivity contribution in [2.45, 2.75) is 31.7 Å². The third-order valence-electron chi connectivity index (χ3n) is 4.97. The van der Waals surface area contributed by atoms with Crippen LogP contribution in [0.25, 0.3) is 5.82 Å². The first-order valence-electron chi connectivity index (χ1n) is 9.03. The predicted octanol–water partition coefficient (Wildman–Crippen LogP) is 3.98. The highest BCUT2D eigenvalue weighted by molar-refractivity contribution is 6.42. The predicted molar refractivity (Wildman–Crippen MR) is 115 cm³/mol. The Kier molecular flexibility index (Phi) is 6.83. The van der Waals surface area contributed by atoms with Crippen LogP contribution in [0.2, 0.25) is 10.0 Å². The van der Waals surface area contributed by atoms with E-state index in [0.29, 0.717) is 21.9 Å². The number of benzene rings is 1. The van der Waals surface area contributed by atoms with Crippen LogP contribution in [0.4, 0.5) is 0 Å². The molecule has 0 amide bonds. The van der Waals surface area contributed by atoms with Crippen LogP contribution in [-0.2, 0) is 19.3 Å². The van der Waals surface area contributed by atoms with Gasteiger partial charge in [-0.2, -0.15) is 0 Å². The molecule has 1 aromatic carbocycles. The Morgan fingerprint density at radius 2 is 2.07 bits per heavy atom. The Morgan fingerprint density at radius 3 is 2.82 bits per heavy atom. The third-order valence-corrected chi connectivity index (χ3v) is 5.71. The molecule has 148 valence electrons. The van der Waals surface area contributed by atoms with Crippen LogP contribution in [0.15, 0.2) is 47.4 Å². The van der Waals surface area contributed by atoms with Gasteiger partial charge in [-0.05, 0) is 62.1 Å². The summed E-state index contributed by atoms with van der Waals surface area (Å²) in [5.74, 6) is 0.626. The van der Waals surface area contributed by atoms with Crippen molar-refractivity contribution < 1.29 is 0 Å². The van der Waals surface area contributed by atoms with E-state index in [1.54, 1.807) is 10.9 Å². The molecule has 0 saturated carbocycles. The van der Waals surface area contributed by atoms with Gasteiger partial charge in [0.2, 0.25) is 0 Å². The molecule has 2 aromatic heterocycles. The van der Waals surface area contributed by atoms with Gasteiger partial charge in [0.15, 0.2) is 5.82 Å². The van der Waals surface area contributed by atoms with E-state index in [2.05, 4.69) is 15.4 Å². The molecule has 28 heavy (non-hydrogen) atoms. The molecule has 3 aromatic rings. The van der Waals surface area contributed by atoms with Crippen LogP contribution in [0.1, 0.15) is 23.2 Å². The van der Waals surface area contributed by atoms with Gasteiger partial charge in [0.25, 0.3) is 5.56 Å². The number of hydrogen-bond donors (Lipinski definition) is 2. The van der Waals surface area contributed by atoms with Crippen LogP contribution in [0, 0.1) is 0 Å². The van der Waals surface area contributed by atoms with Crippen molar-refractivity contribution in [2.24, 2.45) is 0 Å². The zero-order valence-electron chi connectivity index (χ0n) is 15.1. The van der Waals surface area contributed by atoms with Gasteiger partial charge in [-0.3, -0.25) is 9.89 Å². The number of rotatable bonds is 5. The monoisotopic (exact) mass is 438 g/mol. The number of halogens is 3. The van der Waals surface area contributed by atoms with Crippen molar-refractivity contribution in [1.82, 2.24) is 20.1 Å². The van der Waals surface area contributed by atoms with E-state index in [1.165, 1.54) is 0 Å².